The lowest BCUT2D eigenvalue weighted by Crippen LogP contribution is -2.43. The van der Waals surface area contributed by atoms with Gasteiger partial charge in [0.15, 0.2) is 0 Å². The number of hydrogen-bond acceptors (Lipinski definition) is 4. The summed E-state index contributed by atoms with van der Waals surface area (Å²) in [7, 11) is -2.80. The van der Waals surface area contributed by atoms with Crippen LogP contribution in [-0.4, -0.2) is 14.1 Å². The molecule has 0 saturated heterocycles. The zero-order chi connectivity index (χ0) is 8.32. The fourth-order valence-corrected chi connectivity index (χ4v) is 1.87. The van der Waals surface area contributed by atoms with Gasteiger partial charge in [0, 0.05) is 0 Å². The molecule has 0 spiro atoms. The van der Waals surface area contributed by atoms with E-state index in [1.807, 2.05) is 0 Å². The van der Waals surface area contributed by atoms with Crippen LogP contribution < -0.4 is 5.73 Å². The summed E-state index contributed by atoms with van der Waals surface area (Å²) in [6, 6.07) is 0. The van der Waals surface area contributed by atoms with Gasteiger partial charge >= 0.3 is 0 Å². The van der Waals surface area contributed by atoms with Gasteiger partial charge in [0.2, 0.25) is 0 Å². The molecule has 1 aliphatic rings. The maximum Gasteiger partial charge on any atom is 0.258 e. The van der Waals surface area contributed by atoms with E-state index in [4.69, 9.17) is 5.73 Å². The highest BCUT2D eigenvalue weighted by Crippen LogP contribution is 2.26. The zero-order valence-corrected chi connectivity index (χ0v) is 7.18. The predicted octanol–water partition coefficient (Wildman–Crippen LogP) is 0.148. The van der Waals surface area contributed by atoms with Crippen LogP contribution in [0.4, 0.5) is 0 Å². The summed E-state index contributed by atoms with van der Waals surface area (Å²) < 4.78 is 25.0. The van der Waals surface area contributed by atoms with E-state index in [1.54, 1.807) is 0 Å². The molecule has 1 rings (SSSR count). The SMILES string of the molecule is NC1(O[SH](=O)=O)CCCCC1. The minimum Gasteiger partial charge on any atom is -0.302 e. The Morgan fingerprint density at radius 1 is 1.18 bits per heavy atom. The van der Waals surface area contributed by atoms with Crippen LogP contribution in [0.1, 0.15) is 32.1 Å². The van der Waals surface area contributed by atoms with Crippen LogP contribution in [-0.2, 0) is 15.2 Å². The first-order valence-corrected chi connectivity index (χ1v) is 4.84. The summed E-state index contributed by atoms with van der Waals surface area (Å²) in [6.07, 6.45) is 4.34. The molecular formula is C6H13NO3S. The summed E-state index contributed by atoms with van der Waals surface area (Å²) in [6.45, 7) is 0. The van der Waals surface area contributed by atoms with Crippen LogP contribution in [0.2, 0.25) is 0 Å². The van der Waals surface area contributed by atoms with Crippen LogP contribution >= 0.6 is 0 Å². The number of rotatable bonds is 2. The molecule has 0 bridgehead atoms. The first-order valence-electron chi connectivity index (χ1n) is 3.75. The van der Waals surface area contributed by atoms with Crippen LogP contribution in [0.5, 0.6) is 0 Å². The van der Waals surface area contributed by atoms with Gasteiger partial charge in [-0.2, -0.15) is 0 Å². The maximum absolute atomic E-state index is 10.2. The van der Waals surface area contributed by atoms with Crippen LogP contribution in [0, 0.1) is 0 Å². The molecule has 0 amide bonds. The lowest BCUT2D eigenvalue weighted by atomic mass is 9.93. The maximum atomic E-state index is 10.2. The lowest BCUT2D eigenvalue weighted by Gasteiger charge is -2.29. The van der Waals surface area contributed by atoms with Crippen molar-refractivity contribution in [1.82, 2.24) is 0 Å². The molecule has 0 heterocycles. The van der Waals surface area contributed by atoms with E-state index in [2.05, 4.69) is 4.18 Å². The van der Waals surface area contributed by atoms with Crippen molar-refractivity contribution in [3.8, 4) is 0 Å². The minimum atomic E-state index is -2.80. The average Bonchev–Trinajstić information content (AvgIpc) is 1.85. The third-order valence-electron chi connectivity index (χ3n) is 1.96. The van der Waals surface area contributed by atoms with Gasteiger partial charge in [0.1, 0.15) is 5.72 Å². The number of hydrogen-bond donors (Lipinski definition) is 2. The molecule has 0 atom stereocenters. The summed E-state index contributed by atoms with van der Waals surface area (Å²) in [5, 5.41) is 0. The normalized spacial score (nSPS) is 23.8. The molecule has 4 nitrogen and oxygen atoms in total. The molecule has 1 saturated carbocycles. The van der Waals surface area contributed by atoms with Crippen LogP contribution in [0.3, 0.4) is 0 Å². The molecule has 0 unspecified atom stereocenters. The van der Waals surface area contributed by atoms with E-state index in [-0.39, 0.29) is 0 Å². The molecule has 0 aromatic carbocycles. The highest BCUT2D eigenvalue weighted by atomic mass is 32.2. The van der Waals surface area contributed by atoms with Gasteiger partial charge < -0.3 is 5.73 Å². The Hall–Kier alpha value is -0.130. The van der Waals surface area contributed by atoms with E-state index in [0.29, 0.717) is 12.8 Å². The van der Waals surface area contributed by atoms with Crippen molar-refractivity contribution in [2.45, 2.75) is 37.8 Å². The standard InChI is InChI=1S/C6H13NO3S/c7-6(10-11(8)9)4-2-1-3-5-6/h11H,1-5,7H2. The van der Waals surface area contributed by atoms with Gasteiger partial charge in [-0.1, -0.05) is 6.42 Å². The molecule has 0 radical (unpaired) electrons. The fraction of sp³-hybridized carbons (Fsp3) is 1.00. The van der Waals surface area contributed by atoms with Crippen molar-refractivity contribution in [2.24, 2.45) is 5.73 Å². The Kier molecular flexibility index (Phi) is 2.86. The highest BCUT2D eigenvalue weighted by molar-refractivity contribution is 7.67. The largest absolute Gasteiger partial charge is 0.302 e. The van der Waals surface area contributed by atoms with Gasteiger partial charge in [-0.3, -0.25) is 0 Å². The topological polar surface area (TPSA) is 69.4 Å². The molecule has 1 aliphatic carbocycles. The Balaban J connectivity index is 2.49. The molecule has 0 aromatic heterocycles. The van der Waals surface area contributed by atoms with E-state index in [0.717, 1.165) is 19.3 Å². The first kappa shape index (κ1) is 8.96. The molecule has 11 heavy (non-hydrogen) atoms. The Morgan fingerprint density at radius 3 is 2.18 bits per heavy atom. The van der Waals surface area contributed by atoms with Gasteiger partial charge in [-0.25, -0.2) is 12.6 Å². The Labute approximate surface area is 67.9 Å². The third-order valence-corrected chi connectivity index (χ3v) is 2.47. The molecule has 0 aromatic rings. The molecule has 2 N–H and O–H groups in total. The zero-order valence-electron chi connectivity index (χ0n) is 6.28. The van der Waals surface area contributed by atoms with Crippen LogP contribution in [0.25, 0.3) is 0 Å². The lowest BCUT2D eigenvalue weighted by molar-refractivity contribution is 0.0486. The second-order valence-electron chi connectivity index (χ2n) is 2.94. The van der Waals surface area contributed by atoms with Gasteiger partial charge in [0.25, 0.3) is 11.0 Å². The van der Waals surface area contributed by atoms with Gasteiger partial charge in [-0.05, 0) is 25.7 Å². The van der Waals surface area contributed by atoms with Crippen molar-refractivity contribution >= 4 is 11.0 Å². The highest BCUT2D eigenvalue weighted by Gasteiger charge is 2.29. The second-order valence-corrected chi connectivity index (χ2v) is 3.57. The van der Waals surface area contributed by atoms with E-state index in [1.165, 1.54) is 0 Å². The van der Waals surface area contributed by atoms with Gasteiger partial charge in [-0.15, -0.1) is 0 Å². The van der Waals surface area contributed by atoms with Crippen molar-refractivity contribution in [1.29, 1.82) is 0 Å². The summed E-state index contributed by atoms with van der Waals surface area (Å²) in [5.41, 5.74) is 4.76. The molecule has 66 valence electrons. The van der Waals surface area contributed by atoms with E-state index >= 15 is 0 Å². The number of nitrogens with two attached hydrogens (primary N) is 1. The number of thiol groups is 1. The monoisotopic (exact) mass is 179 g/mol. The second kappa shape index (κ2) is 3.51. The first-order chi connectivity index (χ1) is 5.12. The minimum absolute atomic E-state index is 0.649. The average molecular weight is 179 g/mol. The van der Waals surface area contributed by atoms with Gasteiger partial charge in [0.05, 0.1) is 0 Å². The molecular weight excluding hydrogens is 166 g/mol. The van der Waals surface area contributed by atoms with Crippen LogP contribution in [0.15, 0.2) is 0 Å². The molecule has 5 heteroatoms. The molecule has 1 fully saturated rings. The van der Waals surface area contributed by atoms with E-state index in [9.17, 15) is 8.42 Å². The Morgan fingerprint density at radius 2 is 1.73 bits per heavy atom. The fourth-order valence-electron chi connectivity index (χ4n) is 1.39. The summed E-state index contributed by atoms with van der Waals surface area (Å²) in [4.78, 5) is 0. The summed E-state index contributed by atoms with van der Waals surface area (Å²) in [5.74, 6) is 0. The van der Waals surface area contributed by atoms with E-state index < -0.39 is 16.7 Å². The van der Waals surface area contributed by atoms with Crippen molar-refractivity contribution in [2.75, 3.05) is 0 Å². The van der Waals surface area contributed by atoms with Crippen molar-refractivity contribution < 1.29 is 12.6 Å². The Bertz CT molecular complexity index is 188. The summed E-state index contributed by atoms with van der Waals surface area (Å²) >= 11 is 0. The predicted molar refractivity (Wildman–Crippen MR) is 41.4 cm³/mol. The smallest absolute Gasteiger partial charge is 0.258 e. The quantitative estimate of drug-likeness (QED) is 0.467. The van der Waals surface area contributed by atoms with Crippen molar-refractivity contribution in [3.63, 3.8) is 0 Å². The van der Waals surface area contributed by atoms with Crippen molar-refractivity contribution in [3.05, 3.63) is 0 Å². The third kappa shape index (κ3) is 2.76. The molecule has 0 aliphatic heterocycles.